The van der Waals surface area contributed by atoms with Gasteiger partial charge in [0.2, 0.25) is 0 Å². The lowest BCUT2D eigenvalue weighted by atomic mass is 10.3. The van der Waals surface area contributed by atoms with Crippen LogP contribution in [0.4, 0.5) is 0 Å². The molecule has 0 rings (SSSR count). The molecule has 0 radical (unpaired) electrons. The molecule has 0 aromatic rings. The topological polar surface area (TPSA) is 381 Å². The largest absolute Gasteiger partial charge is 0.290 e. The van der Waals surface area contributed by atoms with E-state index in [1.807, 2.05) is 0 Å². The second kappa shape index (κ2) is 44.7. The molecule has 0 saturated heterocycles. The summed E-state index contributed by atoms with van der Waals surface area (Å²) >= 11 is 20.8. The Kier molecular flexibility index (Phi) is 60.2. The average molecular weight is 1480 g/mol. The Morgan fingerprint density at radius 2 is 0.574 bits per heavy atom. The molecule has 0 aromatic carbocycles. The molecule has 0 amide bonds. The molecule has 7 N–H and O–H groups in total. The van der Waals surface area contributed by atoms with Crippen LogP contribution in [0.1, 0.15) is 35.6 Å². The summed E-state index contributed by atoms with van der Waals surface area (Å²) in [6, 6.07) is 0. The molecule has 0 saturated carbocycles. The highest BCUT2D eigenvalue weighted by Crippen LogP contribution is 2.11. The number of hydrogen-bond acceptors (Lipinski definition) is 14. The van der Waals surface area contributed by atoms with Gasteiger partial charge in [-0.1, -0.05) is 163 Å². The van der Waals surface area contributed by atoms with E-state index in [1.165, 1.54) is 50.3 Å². The maximum absolute atomic E-state index is 10.4. The molecule has 0 heterocycles. The van der Waals surface area contributed by atoms with Crippen molar-refractivity contribution in [3.05, 3.63) is 78.9 Å². The van der Waals surface area contributed by atoms with Crippen LogP contribution in [-0.4, -0.2) is 128 Å². The number of halogens is 7. The van der Waals surface area contributed by atoms with Crippen molar-refractivity contribution >= 4 is 182 Å². The van der Waals surface area contributed by atoms with Gasteiger partial charge in [-0.15, -0.1) is 0 Å². The third-order valence-corrected chi connectivity index (χ3v) is 11.6. The van der Waals surface area contributed by atoms with Gasteiger partial charge in [0, 0.05) is 37.3 Å². The molecule has 0 aliphatic heterocycles. The summed E-state index contributed by atoms with van der Waals surface area (Å²) in [4.78, 5) is -0.0104. The Balaban J connectivity index is -0.0000000736. The first-order chi connectivity index (χ1) is 26.2. The van der Waals surface area contributed by atoms with E-state index in [1.54, 1.807) is 6.92 Å². The van der Waals surface area contributed by atoms with Crippen molar-refractivity contribution in [3.8, 4) is 0 Å². The van der Waals surface area contributed by atoms with Gasteiger partial charge in [0.15, 0.2) is 0 Å². The van der Waals surface area contributed by atoms with E-state index >= 15 is 0 Å². The van der Waals surface area contributed by atoms with Crippen LogP contribution in [0, 0.1) is 0 Å². The summed E-state index contributed by atoms with van der Waals surface area (Å²) in [6.07, 6.45) is 7.81. The molecular formula is C26H49Br7O21S7. The highest BCUT2D eigenvalue weighted by molar-refractivity contribution is 9.10. The number of hydrogen-bond donors (Lipinski definition) is 7. The van der Waals surface area contributed by atoms with Crippen LogP contribution in [0.2, 0.25) is 0 Å². The minimum Gasteiger partial charge on any atom is -0.282 e. The lowest BCUT2D eigenvalue weighted by Gasteiger charge is -1.99. The number of rotatable bonds is 14. The van der Waals surface area contributed by atoms with Gasteiger partial charge < -0.3 is 0 Å². The Bertz CT molecular complexity index is 1920. The Morgan fingerprint density at radius 3 is 0.623 bits per heavy atom. The van der Waals surface area contributed by atoms with Gasteiger partial charge in [0.1, 0.15) is 0 Å². The van der Waals surface area contributed by atoms with Crippen LogP contribution in [0.5, 0.6) is 0 Å². The van der Waals surface area contributed by atoms with Gasteiger partial charge in [-0.25, -0.2) is 0 Å². The second-order valence-corrected chi connectivity index (χ2v) is 22.7. The lowest BCUT2D eigenvalue weighted by molar-refractivity contribution is 0.488. The van der Waals surface area contributed by atoms with Crippen molar-refractivity contribution in [3.63, 3.8) is 0 Å². The SMILES string of the molecule is C.C.C/C(CBr)=C(/C)S(=O)(=O)O.CC(=CCBr)S(=O)(=O)O.O=S(=O)(O)C=CCBr.O=S(=O)(O)C=CCBr.O=S(=O)(O)C=CCBr.O=S(=O)(O)C=CCBr.O=S(=O)(O)C=CCBr. The Hall–Kier alpha value is 0.910. The van der Waals surface area contributed by atoms with Crippen LogP contribution in [0.3, 0.4) is 0 Å². The van der Waals surface area contributed by atoms with E-state index in [9.17, 15) is 58.9 Å². The maximum atomic E-state index is 10.4. The second-order valence-electron chi connectivity index (χ2n) is 8.59. The summed E-state index contributed by atoms with van der Waals surface area (Å²) < 4.78 is 196. The smallest absolute Gasteiger partial charge is 0.282 e. The van der Waals surface area contributed by atoms with Crippen LogP contribution < -0.4 is 0 Å². The van der Waals surface area contributed by atoms with E-state index in [0.717, 1.165) is 27.0 Å². The van der Waals surface area contributed by atoms with E-state index in [4.69, 9.17) is 31.9 Å². The molecule has 370 valence electrons. The van der Waals surface area contributed by atoms with Gasteiger partial charge in [0.05, 0.1) is 36.9 Å². The molecule has 0 unspecified atom stereocenters. The highest BCUT2D eigenvalue weighted by atomic mass is 79.9. The average Bonchev–Trinajstić information content (AvgIpc) is 3.05. The highest BCUT2D eigenvalue weighted by Gasteiger charge is 2.10. The normalized spacial score (nSPS) is 12.8. The van der Waals surface area contributed by atoms with Gasteiger partial charge in [-0.2, -0.15) is 58.9 Å². The van der Waals surface area contributed by atoms with E-state index in [-0.39, 0.29) is 24.7 Å². The lowest BCUT2D eigenvalue weighted by Crippen LogP contribution is -2.01. The molecule has 0 aliphatic rings. The molecule has 21 nitrogen and oxygen atoms in total. The van der Waals surface area contributed by atoms with E-state index < -0.39 is 70.8 Å². The molecule has 61 heavy (non-hydrogen) atoms. The standard InChI is InChI=1S/C5H9BrO3S.C4H7BrO3S.5C3H5BrO3S.2CH4/c1-4(3-6)5(2)10(7,8)9;1-4(2-3-5)9(6,7)8;5*4-2-1-3-8(5,6)7;;/h3H2,1-2H3,(H,7,8,9);2H,3H2,1H3,(H,6,7,8);5*1,3H,2H2,(H,5,6,7);2*1H4/b5-4+;;;;;;;;. The first-order valence-corrected chi connectivity index (χ1v) is 31.8. The minimum absolute atomic E-state index is 0. The molecule has 0 spiro atoms. The quantitative estimate of drug-likeness (QED) is 0.0641. The van der Waals surface area contributed by atoms with Gasteiger partial charge in [0.25, 0.3) is 70.8 Å². The molecule has 0 aliphatic carbocycles. The number of allylic oxidation sites excluding steroid dienone is 9. The molecule has 0 aromatic heterocycles. The minimum atomic E-state index is -3.96. The molecule has 35 heteroatoms. The zero-order chi connectivity index (χ0) is 49.0. The Morgan fingerprint density at radius 1 is 0.377 bits per heavy atom. The van der Waals surface area contributed by atoms with Crippen molar-refractivity contribution in [1.29, 1.82) is 0 Å². The van der Waals surface area contributed by atoms with Crippen molar-refractivity contribution in [2.45, 2.75) is 35.6 Å². The summed E-state index contributed by atoms with van der Waals surface area (Å²) in [5.74, 6) is 0. The maximum Gasteiger partial charge on any atom is 0.290 e. The Labute approximate surface area is 420 Å². The first kappa shape index (κ1) is 82.0. The van der Waals surface area contributed by atoms with Crippen molar-refractivity contribution in [1.82, 2.24) is 0 Å². The first-order valence-electron chi connectivity index (χ1n) is 13.6. The van der Waals surface area contributed by atoms with Crippen LogP contribution in [0.25, 0.3) is 0 Å². The molecule has 0 bridgehead atoms. The van der Waals surface area contributed by atoms with Crippen LogP contribution in [0.15, 0.2) is 78.9 Å². The van der Waals surface area contributed by atoms with Gasteiger partial charge >= 0.3 is 0 Å². The molecule has 0 fully saturated rings. The van der Waals surface area contributed by atoms with E-state index in [2.05, 4.69) is 112 Å². The zero-order valence-corrected chi connectivity index (χ0v) is 47.0. The van der Waals surface area contributed by atoms with Crippen LogP contribution in [-0.2, 0) is 70.8 Å². The van der Waals surface area contributed by atoms with E-state index in [0.29, 0.717) is 42.9 Å². The summed E-state index contributed by atoms with van der Waals surface area (Å²) in [7, 11) is -27.4. The molecular weight excluding hydrogens is 1430 g/mol. The van der Waals surface area contributed by atoms with Crippen molar-refractivity contribution < 1.29 is 90.8 Å². The monoisotopic (exact) mass is 1470 g/mol. The van der Waals surface area contributed by atoms with Crippen molar-refractivity contribution in [2.24, 2.45) is 0 Å². The predicted octanol–water partition coefficient (Wildman–Crippen LogP) is 7.92. The third kappa shape index (κ3) is 96.1. The molecule has 0 atom stereocenters. The summed E-state index contributed by atoms with van der Waals surface area (Å²) in [6.45, 7) is 4.33. The van der Waals surface area contributed by atoms with Gasteiger partial charge in [-0.05, 0) is 26.3 Å². The zero-order valence-electron chi connectivity index (χ0n) is 30.2. The third-order valence-electron chi connectivity index (χ3n) is 3.75. The fourth-order valence-corrected chi connectivity index (χ4v) is 7.30. The van der Waals surface area contributed by atoms with Crippen LogP contribution >= 0.6 is 112 Å². The van der Waals surface area contributed by atoms with Crippen molar-refractivity contribution in [2.75, 3.05) is 37.3 Å². The summed E-state index contributed by atoms with van der Waals surface area (Å²) in [5.41, 5.74) is 0.613. The fraction of sp³-hybridized carbons (Fsp3) is 0.462. The number of alkyl halides is 7. The van der Waals surface area contributed by atoms with Gasteiger partial charge in [-0.3, -0.25) is 31.9 Å². The fourth-order valence-electron chi connectivity index (χ4n) is 1.32. The summed E-state index contributed by atoms with van der Waals surface area (Å²) in [5, 5.41) is 6.62. The predicted molar refractivity (Wildman–Crippen MR) is 269 cm³/mol.